The molecule has 9 rings (SSSR count). The second-order valence-electron chi connectivity index (χ2n) is 14.7. The molecule has 3 aromatic heterocycles. The smallest absolute Gasteiger partial charge is 0.509 e. The topological polar surface area (TPSA) is 46.4 Å². The zero-order chi connectivity index (χ0) is 36.3. The van der Waals surface area contributed by atoms with Crippen molar-refractivity contribution < 1.29 is 25.8 Å². The van der Waals surface area contributed by atoms with Crippen LogP contribution in [0.3, 0.4) is 0 Å². The summed E-state index contributed by atoms with van der Waals surface area (Å²) >= 11 is 0. The maximum atomic E-state index is 6.63. The average Bonchev–Trinajstić information content (AvgIpc) is 3.68. The van der Waals surface area contributed by atoms with Gasteiger partial charge in [-0.05, 0) is 78.1 Å². The molecule has 6 nitrogen and oxygen atoms in total. The maximum absolute atomic E-state index is 6.63. The van der Waals surface area contributed by atoms with Crippen molar-refractivity contribution in [2.75, 3.05) is 9.62 Å². The number of hydrogen-bond donors (Lipinski definition) is 0. The van der Waals surface area contributed by atoms with Crippen LogP contribution in [0.25, 0.3) is 27.6 Å². The van der Waals surface area contributed by atoms with Crippen molar-refractivity contribution in [2.45, 2.75) is 40.0 Å². The SMILES string of the molecule is Cc1cccc(C)c1B1N(c2ccccc2)c2cccnc2N1c1[c-]c(Oc2[c-]c3c(cc2)c2ccccc2n3-c2cc(C(C)(C)C)ccn2)ccc1.[Pt+2]. The van der Waals surface area contributed by atoms with Gasteiger partial charge in [-0.3, -0.25) is 0 Å². The predicted molar refractivity (Wildman–Crippen MR) is 218 cm³/mol. The van der Waals surface area contributed by atoms with Crippen LogP contribution in [0.4, 0.5) is 22.9 Å². The Hall–Kier alpha value is -5.65. The number of pyridine rings is 2. The molecule has 0 unspecified atom stereocenters. The van der Waals surface area contributed by atoms with Crippen LogP contribution in [-0.4, -0.2) is 21.5 Å². The Bertz CT molecular complexity index is 2630. The number of nitrogens with zero attached hydrogens (tertiary/aromatic N) is 5. The normalized spacial score (nSPS) is 12.6. The van der Waals surface area contributed by atoms with Gasteiger partial charge in [0.15, 0.2) is 0 Å². The monoisotopic (exact) mass is 882 g/mol. The van der Waals surface area contributed by atoms with Crippen LogP contribution in [0.2, 0.25) is 0 Å². The van der Waals surface area contributed by atoms with Gasteiger partial charge in [-0.25, -0.2) is 9.97 Å². The van der Waals surface area contributed by atoms with Crippen molar-refractivity contribution in [1.82, 2.24) is 14.5 Å². The molecule has 4 heterocycles. The van der Waals surface area contributed by atoms with E-state index >= 15 is 0 Å². The largest absolute Gasteiger partial charge is 2.00 e. The number of aryl methyl sites for hydroxylation is 2. The van der Waals surface area contributed by atoms with E-state index in [0.717, 1.165) is 50.5 Å². The minimum Gasteiger partial charge on any atom is -0.509 e. The molecule has 5 aromatic carbocycles. The summed E-state index contributed by atoms with van der Waals surface area (Å²) in [5.74, 6) is 2.90. The molecule has 8 heteroatoms. The van der Waals surface area contributed by atoms with E-state index in [1.165, 1.54) is 22.2 Å². The van der Waals surface area contributed by atoms with Gasteiger partial charge in [0.05, 0.1) is 5.69 Å². The fourth-order valence-corrected chi connectivity index (χ4v) is 7.67. The number of fused-ring (bicyclic) bond motifs is 4. The summed E-state index contributed by atoms with van der Waals surface area (Å²) < 4.78 is 8.82. The van der Waals surface area contributed by atoms with Gasteiger partial charge in [0.1, 0.15) is 11.6 Å². The summed E-state index contributed by atoms with van der Waals surface area (Å²) in [6.07, 6.45) is 3.76. The second-order valence-corrected chi connectivity index (χ2v) is 14.7. The molecule has 54 heavy (non-hydrogen) atoms. The van der Waals surface area contributed by atoms with E-state index in [9.17, 15) is 0 Å². The third-order valence-corrected chi connectivity index (χ3v) is 10.2. The molecule has 0 saturated carbocycles. The summed E-state index contributed by atoms with van der Waals surface area (Å²) in [4.78, 5) is 14.5. The molecule has 0 saturated heterocycles. The molecule has 0 amide bonds. The Morgan fingerprint density at radius 1 is 0.648 bits per heavy atom. The first-order valence-corrected chi connectivity index (χ1v) is 18.0. The molecule has 0 spiro atoms. The molecule has 0 aliphatic carbocycles. The van der Waals surface area contributed by atoms with Crippen molar-refractivity contribution in [1.29, 1.82) is 0 Å². The van der Waals surface area contributed by atoms with Gasteiger partial charge < -0.3 is 18.9 Å². The summed E-state index contributed by atoms with van der Waals surface area (Å²) in [7, 11) is 0. The summed E-state index contributed by atoms with van der Waals surface area (Å²) in [6, 6.07) is 51.3. The molecule has 0 atom stereocenters. The third-order valence-electron chi connectivity index (χ3n) is 10.2. The Morgan fingerprint density at radius 2 is 1.39 bits per heavy atom. The summed E-state index contributed by atoms with van der Waals surface area (Å²) in [6.45, 7) is 10.8. The molecule has 0 N–H and O–H groups in total. The summed E-state index contributed by atoms with van der Waals surface area (Å²) in [5, 5.41) is 2.23. The number of rotatable bonds is 6. The van der Waals surface area contributed by atoms with Crippen molar-refractivity contribution in [3.8, 4) is 17.3 Å². The number of para-hydroxylation sites is 2. The zero-order valence-electron chi connectivity index (χ0n) is 30.8. The van der Waals surface area contributed by atoms with Gasteiger partial charge in [0.25, 0.3) is 0 Å². The van der Waals surface area contributed by atoms with Gasteiger partial charge in [-0.2, -0.15) is 12.1 Å². The van der Waals surface area contributed by atoms with Crippen molar-refractivity contribution >= 4 is 57.1 Å². The van der Waals surface area contributed by atoms with Crippen molar-refractivity contribution in [3.63, 3.8) is 0 Å². The van der Waals surface area contributed by atoms with Crippen LogP contribution in [0, 0.1) is 26.0 Å². The molecular formula is C46H38BN5OPt. The van der Waals surface area contributed by atoms with Crippen LogP contribution in [-0.2, 0) is 26.5 Å². The van der Waals surface area contributed by atoms with Crippen LogP contribution >= 0.6 is 0 Å². The van der Waals surface area contributed by atoms with Crippen LogP contribution in [0.15, 0.2) is 140 Å². The Morgan fingerprint density at radius 3 is 2.19 bits per heavy atom. The van der Waals surface area contributed by atoms with Crippen LogP contribution in [0.5, 0.6) is 11.5 Å². The fourth-order valence-electron chi connectivity index (χ4n) is 7.67. The first kappa shape index (κ1) is 35.4. The van der Waals surface area contributed by atoms with Crippen molar-refractivity contribution in [3.05, 3.63) is 169 Å². The van der Waals surface area contributed by atoms with Gasteiger partial charge in [0.2, 0.25) is 0 Å². The average molecular weight is 883 g/mol. The minimum absolute atomic E-state index is 0. The predicted octanol–water partition coefficient (Wildman–Crippen LogP) is 10.6. The zero-order valence-corrected chi connectivity index (χ0v) is 33.1. The van der Waals surface area contributed by atoms with Crippen molar-refractivity contribution in [2.24, 2.45) is 0 Å². The molecule has 0 fully saturated rings. The number of anilines is 4. The molecule has 1 aliphatic rings. The number of ether oxygens (including phenoxy) is 1. The standard InChI is InChI=1S/C46H38BN5O.Pt/c1-31-14-11-15-32(2)44(31)47-51(34-16-7-6-8-17-34)41-22-13-26-49-45(41)52(47)35-18-12-19-36(29-35)53-37-23-24-39-38-20-9-10-21-40(38)50(42(39)30-37)43-28-33(25-27-48-43)46(3,4)5;/h6-28H,1-5H3;/q-2;+2. The number of benzene rings is 5. The Labute approximate surface area is 331 Å². The fraction of sp³-hybridized carbons (Fsp3) is 0.130. The quantitative estimate of drug-likeness (QED) is 0.123. The van der Waals surface area contributed by atoms with E-state index in [0.29, 0.717) is 11.5 Å². The molecule has 8 aromatic rings. The van der Waals surface area contributed by atoms with E-state index in [-0.39, 0.29) is 33.5 Å². The Kier molecular flexibility index (Phi) is 9.15. The van der Waals surface area contributed by atoms with E-state index < -0.39 is 0 Å². The van der Waals surface area contributed by atoms with Gasteiger partial charge in [0, 0.05) is 35.1 Å². The van der Waals surface area contributed by atoms with Gasteiger partial charge >= 0.3 is 28.0 Å². The van der Waals surface area contributed by atoms with Gasteiger partial charge in [-0.15, -0.1) is 35.7 Å². The molecule has 1 aliphatic heterocycles. The summed E-state index contributed by atoms with van der Waals surface area (Å²) in [5.41, 5.74) is 9.80. The van der Waals surface area contributed by atoms with Crippen LogP contribution < -0.4 is 19.8 Å². The van der Waals surface area contributed by atoms with E-state index in [1.54, 1.807) is 0 Å². The first-order valence-electron chi connectivity index (χ1n) is 18.0. The maximum Gasteiger partial charge on any atom is 2.00 e. The molecular weight excluding hydrogens is 844 g/mol. The minimum atomic E-state index is -0.204. The molecule has 266 valence electrons. The molecule has 0 radical (unpaired) electrons. The van der Waals surface area contributed by atoms with Crippen LogP contribution in [0.1, 0.15) is 37.5 Å². The van der Waals surface area contributed by atoms with E-state index in [1.807, 2.05) is 36.7 Å². The van der Waals surface area contributed by atoms with E-state index in [2.05, 4.69) is 164 Å². The number of hydrogen-bond acceptors (Lipinski definition) is 5. The van der Waals surface area contributed by atoms with E-state index in [4.69, 9.17) is 14.7 Å². The second kappa shape index (κ2) is 14.0. The third kappa shape index (κ3) is 6.07. The molecule has 0 bridgehead atoms. The first-order chi connectivity index (χ1) is 25.8. The Balaban J connectivity index is 0.00000413. The van der Waals surface area contributed by atoms with Gasteiger partial charge in [-0.1, -0.05) is 97.7 Å². The number of aromatic nitrogens is 3.